The molecule has 0 aliphatic carbocycles. The molecule has 1 fully saturated rings. The fraction of sp³-hybridized carbons (Fsp3) is 0.462. The maximum Gasteiger partial charge on any atom is 0.255 e. The summed E-state index contributed by atoms with van der Waals surface area (Å²) in [4.78, 5) is 14.1. The molecule has 0 N–H and O–H groups in total. The molecule has 0 aromatic heterocycles. The predicted octanol–water partition coefficient (Wildman–Crippen LogP) is 4.11. The van der Waals surface area contributed by atoms with Crippen molar-refractivity contribution in [2.75, 3.05) is 13.1 Å². The molecule has 0 spiro atoms. The molecule has 0 saturated carbocycles. The Labute approximate surface area is 119 Å². The van der Waals surface area contributed by atoms with Crippen LogP contribution in [0.15, 0.2) is 16.6 Å². The number of hydrogen-bond acceptors (Lipinski definition) is 1. The Balaban J connectivity index is 2.28. The average Bonchev–Trinajstić information content (AvgIpc) is 2.33. The Morgan fingerprint density at radius 2 is 2.28 bits per heavy atom. The molecule has 2 rings (SSSR count). The van der Waals surface area contributed by atoms with E-state index in [-0.39, 0.29) is 16.5 Å². The summed E-state index contributed by atoms with van der Waals surface area (Å²) in [6, 6.07) is 2.46. The van der Waals surface area contributed by atoms with Crippen LogP contribution in [0.2, 0.25) is 5.02 Å². The number of benzene rings is 1. The number of hydrogen-bond donors (Lipinski definition) is 0. The number of likely N-dealkylation sites (tertiary alicyclic amines) is 1. The van der Waals surface area contributed by atoms with Crippen molar-refractivity contribution in [2.45, 2.75) is 19.8 Å². The van der Waals surface area contributed by atoms with Crippen LogP contribution in [0, 0.1) is 11.7 Å². The second-order valence-electron chi connectivity index (χ2n) is 4.75. The van der Waals surface area contributed by atoms with E-state index >= 15 is 0 Å². The van der Waals surface area contributed by atoms with Crippen LogP contribution < -0.4 is 0 Å². The zero-order valence-corrected chi connectivity index (χ0v) is 12.4. The lowest BCUT2D eigenvalue weighted by Gasteiger charge is -2.31. The van der Waals surface area contributed by atoms with Gasteiger partial charge in [-0.3, -0.25) is 4.79 Å². The fourth-order valence-corrected chi connectivity index (χ4v) is 2.88. The predicted molar refractivity (Wildman–Crippen MR) is 73.4 cm³/mol. The lowest BCUT2D eigenvalue weighted by molar-refractivity contribution is 0.0682. The number of rotatable bonds is 1. The van der Waals surface area contributed by atoms with E-state index in [2.05, 4.69) is 22.9 Å². The Morgan fingerprint density at radius 1 is 1.56 bits per heavy atom. The molecule has 18 heavy (non-hydrogen) atoms. The second-order valence-corrected chi connectivity index (χ2v) is 5.98. The minimum atomic E-state index is -0.459. The van der Waals surface area contributed by atoms with Crippen LogP contribution >= 0.6 is 27.5 Å². The van der Waals surface area contributed by atoms with E-state index in [1.54, 1.807) is 4.90 Å². The summed E-state index contributed by atoms with van der Waals surface area (Å²) < 4.78 is 13.8. The summed E-state index contributed by atoms with van der Waals surface area (Å²) >= 11 is 9.21. The van der Waals surface area contributed by atoms with Gasteiger partial charge in [-0.05, 0) is 46.8 Å². The van der Waals surface area contributed by atoms with Gasteiger partial charge in [-0.15, -0.1) is 0 Å². The minimum Gasteiger partial charge on any atom is -0.338 e. The zero-order valence-electron chi connectivity index (χ0n) is 10.0. The first-order valence-electron chi connectivity index (χ1n) is 5.93. The number of amides is 1. The summed E-state index contributed by atoms with van der Waals surface area (Å²) in [5, 5.41) is 0.277. The van der Waals surface area contributed by atoms with Gasteiger partial charge in [0.2, 0.25) is 0 Å². The van der Waals surface area contributed by atoms with Gasteiger partial charge in [0.1, 0.15) is 5.82 Å². The molecule has 5 heteroatoms. The maximum absolute atomic E-state index is 13.4. The molecule has 2 nitrogen and oxygen atoms in total. The fourth-order valence-electron chi connectivity index (χ4n) is 2.26. The molecule has 1 aliphatic rings. The van der Waals surface area contributed by atoms with E-state index in [9.17, 15) is 9.18 Å². The first kappa shape index (κ1) is 13.8. The third-order valence-corrected chi connectivity index (χ3v) is 4.43. The van der Waals surface area contributed by atoms with Gasteiger partial charge in [-0.2, -0.15) is 0 Å². The number of halogens is 3. The van der Waals surface area contributed by atoms with Crippen molar-refractivity contribution in [1.82, 2.24) is 4.90 Å². The summed E-state index contributed by atoms with van der Waals surface area (Å²) in [7, 11) is 0. The quantitative estimate of drug-likeness (QED) is 0.708. The molecule has 1 aromatic carbocycles. The molecule has 1 aromatic rings. The van der Waals surface area contributed by atoms with Gasteiger partial charge in [-0.1, -0.05) is 18.5 Å². The molecule has 1 amide bonds. The molecule has 1 unspecified atom stereocenters. The zero-order chi connectivity index (χ0) is 13.3. The standard InChI is InChI=1S/C13H14BrClFNO/c1-8-3-2-4-17(7-8)13(18)10-5-9(16)6-11(14)12(10)15/h5-6,8H,2-4,7H2,1H3. The third kappa shape index (κ3) is 2.86. The molecule has 1 atom stereocenters. The van der Waals surface area contributed by atoms with Crippen molar-refractivity contribution in [1.29, 1.82) is 0 Å². The topological polar surface area (TPSA) is 20.3 Å². The highest BCUT2D eigenvalue weighted by Crippen LogP contribution is 2.29. The van der Waals surface area contributed by atoms with E-state index < -0.39 is 5.82 Å². The summed E-state index contributed by atoms with van der Waals surface area (Å²) in [6.45, 7) is 3.54. The molecular weight excluding hydrogens is 321 g/mol. The van der Waals surface area contributed by atoms with Gasteiger partial charge in [0, 0.05) is 17.6 Å². The number of carbonyl (C=O) groups excluding carboxylic acids is 1. The molecular formula is C13H14BrClFNO. The molecule has 98 valence electrons. The van der Waals surface area contributed by atoms with Crippen LogP contribution in [0.3, 0.4) is 0 Å². The first-order valence-corrected chi connectivity index (χ1v) is 7.10. The normalized spacial score (nSPS) is 20.0. The molecule has 1 aliphatic heterocycles. The van der Waals surface area contributed by atoms with Crippen LogP contribution in [0.4, 0.5) is 4.39 Å². The Morgan fingerprint density at radius 3 is 2.94 bits per heavy atom. The van der Waals surface area contributed by atoms with Crippen molar-refractivity contribution >= 4 is 33.4 Å². The van der Waals surface area contributed by atoms with Gasteiger partial charge < -0.3 is 4.90 Å². The summed E-state index contributed by atoms with van der Waals surface area (Å²) in [5.74, 6) is -0.162. The summed E-state index contributed by atoms with van der Waals surface area (Å²) in [6.07, 6.45) is 2.12. The highest BCUT2D eigenvalue weighted by Gasteiger charge is 2.24. The lowest BCUT2D eigenvalue weighted by atomic mass is 9.99. The highest BCUT2D eigenvalue weighted by molar-refractivity contribution is 9.10. The molecule has 1 saturated heterocycles. The van der Waals surface area contributed by atoms with Crippen LogP contribution in [-0.2, 0) is 0 Å². The van der Waals surface area contributed by atoms with Crippen LogP contribution in [-0.4, -0.2) is 23.9 Å². The number of nitrogens with zero attached hydrogens (tertiary/aromatic N) is 1. The van der Waals surface area contributed by atoms with Crippen molar-refractivity contribution < 1.29 is 9.18 Å². The Bertz CT molecular complexity index is 480. The Hall–Kier alpha value is -0.610. The molecule has 0 radical (unpaired) electrons. The number of piperidine rings is 1. The van der Waals surface area contributed by atoms with Gasteiger partial charge in [0.25, 0.3) is 5.91 Å². The van der Waals surface area contributed by atoms with E-state index in [0.717, 1.165) is 12.8 Å². The van der Waals surface area contributed by atoms with Crippen molar-refractivity contribution in [3.63, 3.8) is 0 Å². The Kier molecular flexibility index (Phi) is 4.28. The van der Waals surface area contributed by atoms with Crippen molar-refractivity contribution in [2.24, 2.45) is 5.92 Å². The minimum absolute atomic E-state index is 0.188. The van der Waals surface area contributed by atoms with Crippen molar-refractivity contribution in [3.8, 4) is 0 Å². The first-order chi connectivity index (χ1) is 8.49. The smallest absolute Gasteiger partial charge is 0.255 e. The van der Waals surface area contributed by atoms with E-state index in [1.807, 2.05) is 0 Å². The van der Waals surface area contributed by atoms with Crippen LogP contribution in [0.1, 0.15) is 30.1 Å². The highest BCUT2D eigenvalue weighted by atomic mass is 79.9. The van der Waals surface area contributed by atoms with Crippen LogP contribution in [0.5, 0.6) is 0 Å². The van der Waals surface area contributed by atoms with Gasteiger partial charge in [0.15, 0.2) is 0 Å². The van der Waals surface area contributed by atoms with Gasteiger partial charge >= 0.3 is 0 Å². The van der Waals surface area contributed by atoms with Crippen LogP contribution in [0.25, 0.3) is 0 Å². The van der Waals surface area contributed by atoms with E-state index in [1.165, 1.54) is 12.1 Å². The van der Waals surface area contributed by atoms with E-state index in [0.29, 0.717) is 23.5 Å². The average molecular weight is 335 g/mol. The molecule has 1 heterocycles. The van der Waals surface area contributed by atoms with Gasteiger partial charge in [-0.25, -0.2) is 4.39 Å². The summed E-state index contributed by atoms with van der Waals surface area (Å²) in [5.41, 5.74) is 0.234. The molecule has 0 bridgehead atoms. The monoisotopic (exact) mass is 333 g/mol. The van der Waals surface area contributed by atoms with E-state index in [4.69, 9.17) is 11.6 Å². The SMILES string of the molecule is CC1CCCN(C(=O)c2cc(F)cc(Br)c2Cl)C1. The largest absolute Gasteiger partial charge is 0.338 e. The van der Waals surface area contributed by atoms with Crippen molar-refractivity contribution in [3.05, 3.63) is 33.0 Å². The second kappa shape index (κ2) is 5.57. The third-order valence-electron chi connectivity index (χ3n) is 3.17. The maximum atomic E-state index is 13.4. The van der Waals surface area contributed by atoms with Gasteiger partial charge in [0.05, 0.1) is 10.6 Å². The lowest BCUT2D eigenvalue weighted by Crippen LogP contribution is -2.39. The number of carbonyl (C=O) groups is 1.